The Bertz CT molecular complexity index is 2110. The van der Waals surface area contributed by atoms with Gasteiger partial charge >= 0.3 is 12.2 Å². The van der Waals surface area contributed by atoms with Gasteiger partial charge in [-0.15, -0.1) is 0 Å². The number of methoxy groups -OCH3 is 1. The quantitative estimate of drug-likeness (QED) is 0.264. The summed E-state index contributed by atoms with van der Waals surface area (Å²) in [7, 11) is 1.65. The molecule has 0 aliphatic carbocycles. The summed E-state index contributed by atoms with van der Waals surface area (Å²) in [4.78, 5) is 43.3. The number of anilines is 1. The second-order valence-electron chi connectivity index (χ2n) is 18.4. The number of morpholine rings is 2. The van der Waals surface area contributed by atoms with Gasteiger partial charge in [0.2, 0.25) is 5.88 Å². The Labute approximate surface area is 358 Å². The minimum atomic E-state index is -0.504. The molecule has 2 unspecified atom stereocenters. The summed E-state index contributed by atoms with van der Waals surface area (Å²) in [6.07, 6.45) is 6.97. The SMILES string of the molecule is CC(C)(C)OC(=O)N1CCCC(c2cc(N)n3ncc(CN4CCOCC4)c3n2)C1.COc1cc(C2CCCN(C(=O)OC(C)(C)C)C2)nc2c(CN3CCOCC3)cnn12. The fourth-order valence-electron chi connectivity index (χ4n) is 8.26. The fraction of sp³-hybridized carbons (Fsp3) is 0.674. The third kappa shape index (κ3) is 11.4. The predicted octanol–water partition coefficient (Wildman–Crippen LogP) is 4.94. The summed E-state index contributed by atoms with van der Waals surface area (Å²) in [6, 6.07) is 3.84. The second kappa shape index (κ2) is 19.1. The van der Waals surface area contributed by atoms with E-state index in [-0.39, 0.29) is 24.0 Å². The molecule has 0 radical (unpaired) electrons. The van der Waals surface area contributed by atoms with Gasteiger partial charge in [-0.25, -0.2) is 19.6 Å². The fourth-order valence-corrected chi connectivity index (χ4v) is 8.26. The number of carbonyl (C=O) groups excluding carboxylic acids is 2. The first-order chi connectivity index (χ1) is 29.1. The molecule has 4 aliphatic rings. The summed E-state index contributed by atoms with van der Waals surface area (Å²) in [6.45, 7) is 22.1. The average Bonchev–Trinajstić information content (AvgIpc) is 3.84. The summed E-state index contributed by atoms with van der Waals surface area (Å²) in [5, 5.41) is 8.95. The molecule has 8 rings (SSSR count). The van der Waals surface area contributed by atoms with Crippen molar-refractivity contribution in [1.29, 1.82) is 0 Å². The van der Waals surface area contributed by atoms with Gasteiger partial charge in [-0.2, -0.15) is 19.2 Å². The molecule has 2 amide bonds. The van der Waals surface area contributed by atoms with Crippen molar-refractivity contribution in [3.63, 3.8) is 0 Å². The highest BCUT2D eigenvalue weighted by Crippen LogP contribution is 2.32. The van der Waals surface area contributed by atoms with Crippen LogP contribution < -0.4 is 10.5 Å². The van der Waals surface area contributed by atoms with E-state index < -0.39 is 11.2 Å². The molecule has 4 aliphatic heterocycles. The van der Waals surface area contributed by atoms with Crippen LogP contribution >= 0.6 is 0 Å². The minimum Gasteiger partial charge on any atom is -0.481 e. The lowest BCUT2D eigenvalue weighted by Gasteiger charge is -2.34. The van der Waals surface area contributed by atoms with Crippen molar-refractivity contribution in [2.24, 2.45) is 0 Å². The number of amides is 2. The molecule has 0 aromatic carbocycles. The number of fused-ring (bicyclic) bond motifs is 2. The standard InChI is InChI=1S/C22H33N5O4.C21H32N6O3/c1-22(2,3)31-21(28)26-7-5-6-16(15-26)18-12-19(29-4)27-20(24-18)17(13-23-27)14-25-8-10-30-11-9-25;1-21(2,3)30-20(28)26-6-4-5-15(14-26)17-11-18(22)27-19(24-17)16(12-23-27)13-25-7-9-29-10-8-25/h12-13,16H,5-11,14-15H2,1-4H3;11-12,15H,4-10,13-14,22H2,1-3H3. The number of nitrogens with zero attached hydrogens (tertiary/aromatic N) is 10. The first-order valence-corrected chi connectivity index (χ1v) is 21.7. The second-order valence-corrected chi connectivity index (χ2v) is 18.4. The number of likely N-dealkylation sites (tertiary alicyclic amines) is 2. The first-order valence-electron chi connectivity index (χ1n) is 21.7. The van der Waals surface area contributed by atoms with E-state index in [4.69, 9.17) is 39.4 Å². The van der Waals surface area contributed by atoms with E-state index >= 15 is 0 Å². The van der Waals surface area contributed by atoms with Crippen molar-refractivity contribution in [1.82, 2.24) is 48.8 Å². The molecule has 18 nitrogen and oxygen atoms in total. The molecule has 4 saturated heterocycles. The number of hydrogen-bond donors (Lipinski definition) is 1. The van der Waals surface area contributed by atoms with E-state index in [1.165, 1.54) is 0 Å². The topological polar surface area (TPSA) is 180 Å². The summed E-state index contributed by atoms with van der Waals surface area (Å²) in [5.74, 6) is 1.48. The number of rotatable bonds is 7. The van der Waals surface area contributed by atoms with Crippen LogP contribution in [0.15, 0.2) is 24.5 Å². The number of hydrogen-bond acceptors (Lipinski definition) is 14. The van der Waals surface area contributed by atoms with Crippen molar-refractivity contribution in [3.8, 4) is 5.88 Å². The van der Waals surface area contributed by atoms with Crippen molar-refractivity contribution < 1.29 is 33.3 Å². The Hall–Kier alpha value is -4.78. The molecular formula is C43H65N11O7. The van der Waals surface area contributed by atoms with Gasteiger partial charge < -0.3 is 39.2 Å². The lowest BCUT2D eigenvalue weighted by molar-refractivity contribution is 0.0187. The molecule has 4 aromatic heterocycles. The Morgan fingerprint density at radius 3 is 1.59 bits per heavy atom. The predicted molar refractivity (Wildman–Crippen MR) is 229 cm³/mol. The number of nitrogens with two attached hydrogens (primary N) is 1. The third-order valence-corrected chi connectivity index (χ3v) is 11.3. The maximum absolute atomic E-state index is 12.6. The molecule has 2 atom stereocenters. The van der Waals surface area contributed by atoms with Crippen molar-refractivity contribution in [2.75, 3.05) is 91.6 Å². The van der Waals surface area contributed by atoms with Crippen LogP contribution in [-0.4, -0.2) is 158 Å². The zero-order chi connectivity index (χ0) is 43.3. The molecule has 0 spiro atoms. The molecule has 4 aromatic rings. The van der Waals surface area contributed by atoms with Crippen LogP contribution in [0.3, 0.4) is 0 Å². The largest absolute Gasteiger partial charge is 0.481 e. The highest BCUT2D eigenvalue weighted by atomic mass is 16.6. The number of carbonyl (C=O) groups is 2. The van der Waals surface area contributed by atoms with Gasteiger partial charge in [0.1, 0.15) is 17.0 Å². The Balaban J connectivity index is 0.000000184. The molecule has 334 valence electrons. The van der Waals surface area contributed by atoms with Crippen molar-refractivity contribution >= 4 is 29.3 Å². The highest BCUT2D eigenvalue weighted by molar-refractivity contribution is 5.69. The van der Waals surface area contributed by atoms with Crippen molar-refractivity contribution in [3.05, 3.63) is 47.0 Å². The summed E-state index contributed by atoms with van der Waals surface area (Å²) in [5.41, 5.74) is 10.9. The number of nitrogen functional groups attached to an aromatic ring is 1. The monoisotopic (exact) mass is 848 g/mol. The molecule has 4 fully saturated rings. The molecule has 61 heavy (non-hydrogen) atoms. The van der Waals surface area contributed by atoms with Crippen LogP contribution in [0.4, 0.5) is 15.4 Å². The maximum atomic E-state index is 12.6. The van der Waals surface area contributed by atoms with Crippen molar-refractivity contribution in [2.45, 2.75) is 103 Å². The number of aromatic nitrogens is 6. The van der Waals surface area contributed by atoms with Crippen LogP contribution in [0.1, 0.15) is 102 Å². The number of ether oxygens (including phenoxy) is 5. The molecular weight excluding hydrogens is 783 g/mol. The summed E-state index contributed by atoms with van der Waals surface area (Å²) < 4.78 is 31.1. The smallest absolute Gasteiger partial charge is 0.410 e. The van der Waals surface area contributed by atoms with Gasteiger partial charge in [-0.1, -0.05) is 0 Å². The Morgan fingerprint density at radius 1 is 0.689 bits per heavy atom. The van der Waals surface area contributed by atoms with E-state index in [2.05, 4.69) is 20.0 Å². The minimum absolute atomic E-state index is 0.129. The number of piperidine rings is 2. The normalized spacial score (nSPS) is 21.0. The van der Waals surface area contributed by atoms with Crippen LogP contribution in [0.25, 0.3) is 11.3 Å². The van der Waals surface area contributed by atoms with E-state index in [1.807, 2.05) is 66.1 Å². The third-order valence-electron chi connectivity index (χ3n) is 11.3. The molecule has 2 N–H and O–H groups in total. The van der Waals surface area contributed by atoms with Gasteiger partial charge in [0, 0.05) is 101 Å². The molecule has 8 heterocycles. The first kappa shape index (κ1) is 44.3. The van der Waals surface area contributed by atoms with Crippen LogP contribution in [0.5, 0.6) is 5.88 Å². The van der Waals surface area contributed by atoms with Crippen LogP contribution in [0.2, 0.25) is 0 Å². The zero-order valence-electron chi connectivity index (χ0n) is 37.1. The van der Waals surface area contributed by atoms with Gasteiger partial charge in [-0.05, 0) is 67.2 Å². The Morgan fingerprint density at radius 2 is 1.13 bits per heavy atom. The van der Waals surface area contributed by atoms with Crippen LogP contribution in [0, 0.1) is 0 Å². The maximum Gasteiger partial charge on any atom is 0.410 e. The molecule has 0 saturated carbocycles. The zero-order valence-corrected chi connectivity index (χ0v) is 37.1. The van der Waals surface area contributed by atoms with Gasteiger partial charge in [-0.3, -0.25) is 9.80 Å². The van der Waals surface area contributed by atoms with Gasteiger partial charge in [0.25, 0.3) is 0 Å². The highest BCUT2D eigenvalue weighted by Gasteiger charge is 2.32. The van der Waals surface area contributed by atoms with Crippen LogP contribution in [-0.2, 0) is 32.0 Å². The van der Waals surface area contributed by atoms with E-state index in [0.29, 0.717) is 37.9 Å². The van der Waals surface area contributed by atoms with E-state index in [1.54, 1.807) is 25.9 Å². The lowest BCUT2D eigenvalue weighted by atomic mass is 9.94. The van der Waals surface area contributed by atoms with Gasteiger partial charge in [0.15, 0.2) is 11.3 Å². The lowest BCUT2D eigenvalue weighted by Crippen LogP contribution is -2.42. The van der Waals surface area contributed by atoms with E-state index in [9.17, 15) is 9.59 Å². The average molecular weight is 848 g/mol. The summed E-state index contributed by atoms with van der Waals surface area (Å²) >= 11 is 0. The molecule has 0 bridgehead atoms. The van der Waals surface area contributed by atoms with E-state index in [0.717, 1.165) is 125 Å². The molecule has 18 heteroatoms. The Kier molecular flexibility index (Phi) is 13.9. The van der Waals surface area contributed by atoms with Gasteiger partial charge in [0.05, 0.1) is 57.3 Å².